The fourth-order valence-electron chi connectivity index (χ4n) is 0.701. The van der Waals surface area contributed by atoms with Crippen LogP contribution in [0.1, 0.15) is 33.3 Å². The van der Waals surface area contributed by atoms with Crippen LogP contribution in [-0.4, -0.2) is 0 Å². The number of rotatable bonds is 1. The van der Waals surface area contributed by atoms with Crippen LogP contribution in [-0.2, 0) is 0 Å². The van der Waals surface area contributed by atoms with Crippen LogP contribution in [0.25, 0.3) is 0 Å². The van der Waals surface area contributed by atoms with Crippen molar-refractivity contribution in [1.82, 2.24) is 0 Å². The molecule has 0 nitrogen and oxygen atoms in total. The Morgan fingerprint density at radius 1 is 1.07 bits per heavy atom. The van der Waals surface area contributed by atoms with Gasteiger partial charge >= 0.3 is 0 Å². The summed E-state index contributed by atoms with van der Waals surface area (Å²) in [5, 5.41) is -0.782. The summed E-state index contributed by atoms with van der Waals surface area (Å²) in [5.74, 6) is -0.872. The van der Waals surface area contributed by atoms with Gasteiger partial charge in [-0.1, -0.05) is 44.5 Å². The van der Waals surface area contributed by atoms with Crippen molar-refractivity contribution in [3.63, 3.8) is 0 Å². The first-order valence-electron chi connectivity index (χ1n) is 3.95. The van der Waals surface area contributed by atoms with Crippen LogP contribution in [0.15, 0.2) is 12.1 Å². The largest absolute Gasteiger partial charge is 0.263 e. The van der Waals surface area contributed by atoms with Gasteiger partial charge in [-0.05, 0) is 12.1 Å². The lowest BCUT2D eigenvalue weighted by Crippen LogP contribution is -1.87. The Balaban J connectivity index is 0. The van der Waals surface area contributed by atoms with Crippen molar-refractivity contribution in [2.45, 2.75) is 27.7 Å². The van der Waals surface area contributed by atoms with Crippen LogP contribution in [0.5, 0.6) is 0 Å². The molecule has 0 amide bonds. The summed E-state index contributed by atoms with van der Waals surface area (Å²) < 4.78 is 36.7. The van der Waals surface area contributed by atoms with Gasteiger partial charge in [0.05, 0.1) is 10.0 Å². The third-order valence-corrected chi connectivity index (χ3v) is 1.81. The normalized spacial score (nSPS) is 9.07. The molecule has 1 rings (SSSR count). The minimum atomic E-state index is -2.69. The van der Waals surface area contributed by atoms with Gasteiger partial charge in [0.25, 0.3) is 6.43 Å². The molecule has 1 aromatic rings. The summed E-state index contributed by atoms with van der Waals surface area (Å²) in [6.45, 7) is 4.00. The Bertz CT molecular complexity index is 278. The van der Waals surface area contributed by atoms with Crippen molar-refractivity contribution in [3.8, 4) is 0 Å². The molecule has 0 aliphatic carbocycles. The van der Waals surface area contributed by atoms with Crippen LogP contribution in [0.2, 0.25) is 10.0 Å². The highest BCUT2D eigenvalue weighted by molar-refractivity contribution is 6.34. The third-order valence-electron chi connectivity index (χ3n) is 1.26. The highest BCUT2D eigenvalue weighted by atomic mass is 35.5. The van der Waals surface area contributed by atoms with Crippen LogP contribution in [0, 0.1) is 5.82 Å². The van der Waals surface area contributed by atoms with Crippen molar-refractivity contribution in [2.24, 2.45) is 0 Å². The zero-order chi connectivity index (χ0) is 11.3. The molecule has 88 valence electrons. The van der Waals surface area contributed by atoms with Crippen molar-refractivity contribution in [3.05, 3.63) is 33.6 Å². The van der Waals surface area contributed by atoms with Gasteiger partial charge in [0.2, 0.25) is 0 Å². The fraction of sp³-hybridized carbons (Fsp3) is 0.400. The monoisotopic (exact) mass is 260 g/mol. The molecule has 0 radical (unpaired) electrons. The first kappa shape index (κ1) is 17.0. The zero-order valence-electron chi connectivity index (χ0n) is 7.62. The van der Waals surface area contributed by atoms with E-state index < -0.39 is 22.3 Å². The van der Waals surface area contributed by atoms with E-state index in [2.05, 4.69) is 0 Å². The minimum absolute atomic E-state index is 0. The predicted molar refractivity (Wildman–Crippen MR) is 59.5 cm³/mol. The molecule has 0 aliphatic heterocycles. The van der Waals surface area contributed by atoms with Crippen LogP contribution in [0.4, 0.5) is 13.2 Å². The maximum atomic E-state index is 12.7. The van der Waals surface area contributed by atoms with E-state index in [4.69, 9.17) is 23.2 Å². The van der Waals surface area contributed by atoms with Gasteiger partial charge in [0.1, 0.15) is 0 Å². The third kappa shape index (κ3) is 4.76. The van der Waals surface area contributed by atoms with E-state index in [1.807, 2.05) is 13.8 Å². The highest BCUT2D eigenvalue weighted by Gasteiger charge is 2.13. The number of hydrogen-bond acceptors (Lipinski definition) is 0. The Morgan fingerprint density at radius 3 is 1.67 bits per heavy atom. The maximum absolute atomic E-state index is 12.7. The van der Waals surface area contributed by atoms with E-state index >= 15 is 0 Å². The quantitative estimate of drug-likeness (QED) is 0.566. The zero-order valence-corrected chi connectivity index (χ0v) is 9.13. The van der Waals surface area contributed by atoms with E-state index in [1.54, 1.807) is 0 Å². The number of hydrogen-bond donors (Lipinski definition) is 0. The SMILES string of the molecule is C.CC.Fc1c(Cl)cc(C(F)F)cc1Cl. The van der Waals surface area contributed by atoms with E-state index in [0.29, 0.717) is 0 Å². The molecule has 0 spiro atoms. The number of alkyl halides is 2. The summed E-state index contributed by atoms with van der Waals surface area (Å²) >= 11 is 10.5. The van der Waals surface area contributed by atoms with Crippen LogP contribution < -0.4 is 0 Å². The summed E-state index contributed by atoms with van der Waals surface area (Å²) in [7, 11) is 0. The molecule has 0 aliphatic rings. The minimum Gasteiger partial charge on any atom is -0.205 e. The Morgan fingerprint density at radius 2 is 1.40 bits per heavy atom. The molecule has 0 saturated heterocycles. The summed E-state index contributed by atoms with van der Waals surface area (Å²) in [5.41, 5.74) is -0.383. The molecular formula is C10H13Cl2F3. The van der Waals surface area contributed by atoms with Crippen molar-refractivity contribution >= 4 is 23.2 Å². The lowest BCUT2D eigenvalue weighted by atomic mass is 10.2. The summed E-state index contributed by atoms with van der Waals surface area (Å²) in [6.07, 6.45) is -2.69. The summed E-state index contributed by atoms with van der Waals surface area (Å²) in [4.78, 5) is 0. The molecule has 0 N–H and O–H groups in total. The molecule has 0 atom stereocenters. The fourth-order valence-corrected chi connectivity index (χ4v) is 1.21. The van der Waals surface area contributed by atoms with E-state index in [-0.39, 0.29) is 13.0 Å². The van der Waals surface area contributed by atoms with E-state index in [1.165, 1.54) is 0 Å². The van der Waals surface area contributed by atoms with E-state index in [9.17, 15) is 13.2 Å². The standard InChI is InChI=1S/C7H3Cl2F3.C2H6.CH4/c8-4-1-3(7(11)12)2-5(9)6(4)10;1-2;/h1-2,7H;1-2H3;1H4. The molecule has 15 heavy (non-hydrogen) atoms. The Kier molecular flexibility index (Phi) is 8.87. The topological polar surface area (TPSA) is 0 Å². The molecule has 5 heteroatoms. The second-order valence-electron chi connectivity index (χ2n) is 2.10. The Hall–Kier alpha value is -0.410. The van der Waals surface area contributed by atoms with Crippen molar-refractivity contribution in [1.29, 1.82) is 0 Å². The lowest BCUT2D eigenvalue weighted by molar-refractivity contribution is 0.151. The number of benzene rings is 1. The lowest BCUT2D eigenvalue weighted by Gasteiger charge is -2.02. The second kappa shape index (κ2) is 7.83. The molecule has 0 unspecified atom stereocenters. The van der Waals surface area contributed by atoms with Crippen molar-refractivity contribution in [2.75, 3.05) is 0 Å². The first-order valence-corrected chi connectivity index (χ1v) is 4.70. The molecule has 0 heterocycles. The average molecular weight is 261 g/mol. The van der Waals surface area contributed by atoms with Gasteiger partial charge in [-0.15, -0.1) is 0 Å². The molecule has 0 saturated carbocycles. The van der Waals surface area contributed by atoms with E-state index in [0.717, 1.165) is 12.1 Å². The molecule has 0 fully saturated rings. The van der Waals surface area contributed by atoms with Gasteiger partial charge in [-0.2, -0.15) is 0 Å². The Labute approximate surface area is 98.0 Å². The van der Waals surface area contributed by atoms with Crippen molar-refractivity contribution < 1.29 is 13.2 Å². The second-order valence-corrected chi connectivity index (χ2v) is 2.91. The van der Waals surface area contributed by atoms with Crippen LogP contribution in [0.3, 0.4) is 0 Å². The number of halogens is 5. The smallest absolute Gasteiger partial charge is 0.205 e. The van der Waals surface area contributed by atoms with Gasteiger partial charge < -0.3 is 0 Å². The van der Waals surface area contributed by atoms with Gasteiger partial charge in [-0.25, -0.2) is 13.2 Å². The average Bonchev–Trinajstić information content (AvgIpc) is 2.16. The van der Waals surface area contributed by atoms with Gasteiger partial charge in [-0.3, -0.25) is 0 Å². The van der Waals surface area contributed by atoms with Gasteiger partial charge in [0, 0.05) is 5.56 Å². The van der Waals surface area contributed by atoms with Crippen LogP contribution >= 0.6 is 23.2 Å². The molecule has 1 aromatic carbocycles. The molecular weight excluding hydrogens is 248 g/mol. The predicted octanol–water partition coefficient (Wildman–Crippen LogP) is 5.73. The first-order chi connectivity index (χ1) is 6.52. The highest BCUT2D eigenvalue weighted by Crippen LogP contribution is 2.29. The summed E-state index contributed by atoms with van der Waals surface area (Å²) in [6, 6.07) is 1.71. The maximum Gasteiger partial charge on any atom is 0.263 e. The molecule has 0 aromatic heterocycles. The van der Waals surface area contributed by atoms with Gasteiger partial charge in [0.15, 0.2) is 5.82 Å². The molecule has 0 bridgehead atoms.